The first-order valence-corrected chi connectivity index (χ1v) is 10.1. The largest absolute Gasteiger partial charge is 0.497 e. The smallest absolute Gasteiger partial charge is 0.195 e. The number of rotatable bonds is 5. The van der Waals surface area contributed by atoms with Gasteiger partial charge in [0.1, 0.15) is 11.4 Å². The number of carbonyl (C=O) groups excluding carboxylic acids is 1. The van der Waals surface area contributed by atoms with Crippen LogP contribution in [0.1, 0.15) is 34.3 Å². The number of hydrogen-bond acceptors (Lipinski definition) is 4. The number of piperidine rings is 1. The first-order valence-electron chi connectivity index (χ1n) is 10.1. The molecule has 1 aliphatic heterocycles. The van der Waals surface area contributed by atoms with Crippen LogP contribution in [-0.4, -0.2) is 50.1 Å². The minimum Gasteiger partial charge on any atom is -0.497 e. The third-order valence-corrected chi connectivity index (χ3v) is 6.74. The Morgan fingerprint density at radius 3 is 2.64 bits per heavy atom. The van der Waals surface area contributed by atoms with E-state index in [-0.39, 0.29) is 11.7 Å². The zero-order chi connectivity index (χ0) is 19.7. The van der Waals surface area contributed by atoms with Crippen molar-refractivity contribution < 1.29 is 14.3 Å². The zero-order valence-electron chi connectivity index (χ0n) is 17.0. The molecular formula is C24H29NO3. The Morgan fingerprint density at radius 1 is 1.14 bits per heavy atom. The van der Waals surface area contributed by atoms with Crippen molar-refractivity contribution in [3.63, 3.8) is 0 Å². The van der Waals surface area contributed by atoms with E-state index in [4.69, 9.17) is 9.47 Å². The van der Waals surface area contributed by atoms with E-state index in [0.29, 0.717) is 12.5 Å². The van der Waals surface area contributed by atoms with Gasteiger partial charge in [0.15, 0.2) is 5.78 Å². The van der Waals surface area contributed by atoms with Gasteiger partial charge in [-0.1, -0.05) is 30.3 Å². The van der Waals surface area contributed by atoms with Gasteiger partial charge in [-0.05, 0) is 68.1 Å². The Kier molecular flexibility index (Phi) is 5.26. The van der Waals surface area contributed by atoms with Crippen LogP contribution in [0.3, 0.4) is 0 Å². The van der Waals surface area contributed by atoms with Crippen molar-refractivity contribution in [1.29, 1.82) is 0 Å². The lowest BCUT2D eigenvalue weighted by atomic mass is 9.74. The number of ketones is 1. The third kappa shape index (κ3) is 3.25. The molecule has 0 saturated carbocycles. The molecule has 0 spiro atoms. The van der Waals surface area contributed by atoms with Gasteiger partial charge in [0, 0.05) is 25.1 Å². The second-order valence-electron chi connectivity index (χ2n) is 8.17. The highest BCUT2D eigenvalue weighted by atomic mass is 16.5. The van der Waals surface area contributed by atoms with Crippen molar-refractivity contribution in [3.8, 4) is 5.75 Å². The van der Waals surface area contributed by atoms with Crippen molar-refractivity contribution >= 4 is 5.78 Å². The summed E-state index contributed by atoms with van der Waals surface area (Å²) in [6.45, 7) is 0.986. The summed E-state index contributed by atoms with van der Waals surface area (Å²) in [4.78, 5) is 15.8. The predicted octanol–water partition coefficient (Wildman–Crippen LogP) is 3.77. The summed E-state index contributed by atoms with van der Waals surface area (Å²) < 4.78 is 11.4. The van der Waals surface area contributed by atoms with Gasteiger partial charge in [-0.15, -0.1) is 0 Å². The van der Waals surface area contributed by atoms with Crippen molar-refractivity contribution in [2.24, 2.45) is 5.92 Å². The second-order valence-corrected chi connectivity index (χ2v) is 8.17. The highest BCUT2D eigenvalue weighted by Crippen LogP contribution is 2.44. The molecule has 1 saturated heterocycles. The van der Waals surface area contributed by atoms with Crippen LogP contribution < -0.4 is 4.74 Å². The van der Waals surface area contributed by atoms with Crippen LogP contribution in [0.5, 0.6) is 5.75 Å². The first-order chi connectivity index (χ1) is 13.6. The van der Waals surface area contributed by atoms with Gasteiger partial charge >= 0.3 is 0 Å². The van der Waals surface area contributed by atoms with E-state index in [0.717, 1.165) is 42.7 Å². The topological polar surface area (TPSA) is 38.8 Å². The molecule has 148 valence electrons. The summed E-state index contributed by atoms with van der Waals surface area (Å²) in [5.41, 5.74) is 2.44. The maximum atomic E-state index is 13.4. The monoisotopic (exact) mass is 379 g/mol. The average molecular weight is 380 g/mol. The van der Waals surface area contributed by atoms with Crippen LogP contribution >= 0.6 is 0 Å². The summed E-state index contributed by atoms with van der Waals surface area (Å²) in [6.07, 6.45) is 3.59. The standard InChI is InChI=1S/C24H29NO3/c1-25-12-11-19(15-20(25)13-17-7-5-4-6-8-17)24(28-3)16-18-14-21(27-2)9-10-22(18)23(24)26/h4-10,14,19-20H,11-13,15-16H2,1-3H3. The number of likely N-dealkylation sites (N-methyl/N-ethyl adjacent to an activating group) is 1. The number of fused-ring (bicyclic) bond motifs is 1. The summed E-state index contributed by atoms with van der Waals surface area (Å²) in [5.74, 6) is 1.15. The molecule has 0 amide bonds. The molecule has 4 rings (SSSR count). The number of hydrogen-bond donors (Lipinski definition) is 0. The number of ether oxygens (including phenoxy) is 2. The van der Waals surface area contributed by atoms with E-state index < -0.39 is 5.60 Å². The molecule has 3 unspecified atom stereocenters. The maximum absolute atomic E-state index is 13.4. The molecule has 3 atom stereocenters. The van der Waals surface area contributed by atoms with Gasteiger partial charge in [-0.2, -0.15) is 0 Å². The number of Topliss-reactive ketones (excluding diaryl/α,β-unsaturated/α-hetero) is 1. The number of likely N-dealkylation sites (tertiary alicyclic amines) is 1. The number of nitrogens with zero attached hydrogens (tertiary/aromatic N) is 1. The van der Waals surface area contributed by atoms with Crippen LogP contribution in [-0.2, 0) is 17.6 Å². The van der Waals surface area contributed by atoms with E-state index in [1.165, 1.54) is 5.56 Å². The van der Waals surface area contributed by atoms with Gasteiger partial charge in [-0.3, -0.25) is 4.79 Å². The van der Waals surface area contributed by atoms with Gasteiger partial charge in [0.25, 0.3) is 0 Å². The molecule has 0 N–H and O–H groups in total. The van der Waals surface area contributed by atoms with Crippen LogP contribution in [0.4, 0.5) is 0 Å². The van der Waals surface area contributed by atoms with E-state index in [1.807, 2.05) is 18.2 Å². The molecule has 4 heteroatoms. The normalized spacial score (nSPS) is 27.6. The second kappa shape index (κ2) is 7.69. The molecule has 2 aromatic carbocycles. The SMILES string of the molecule is COc1ccc2c(c1)CC(OC)(C1CCN(C)C(Cc3ccccc3)C1)C2=O. The van der Waals surface area contributed by atoms with Crippen LogP contribution in [0.2, 0.25) is 0 Å². The van der Waals surface area contributed by atoms with Gasteiger partial charge in [-0.25, -0.2) is 0 Å². The highest BCUT2D eigenvalue weighted by Gasteiger charge is 2.52. The van der Waals surface area contributed by atoms with E-state index >= 15 is 0 Å². The lowest BCUT2D eigenvalue weighted by Crippen LogP contribution is -2.53. The minimum atomic E-state index is -0.745. The Balaban J connectivity index is 1.58. The molecule has 0 radical (unpaired) electrons. The lowest BCUT2D eigenvalue weighted by molar-refractivity contribution is -0.0537. The Morgan fingerprint density at radius 2 is 1.93 bits per heavy atom. The summed E-state index contributed by atoms with van der Waals surface area (Å²) in [5, 5.41) is 0. The average Bonchev–Trinajstić information content (AvgIpc) is 3.02. The van der Waals surface area contributed by atoms with E-state index in [9.17, 15) is 4.79 Å². The molecule has 2 aliphatic rings. The molecular weight excluding hydrogens is 350 g/mol. The fourth-order valence-electron chi connectivity index (χ4n) is 5.03. The van der Waals surface area contributed by atoms with Crippen molar-refractivity contribution in [1.82, 2.24) is 4.90 Å². The molecule has 1 heterocycles. The molecule has 4 nitrogen and oxygen atoms in total. The van der Waals surface area contributed by atoms with Gasteiger partial charge in [0.05, 0.1) is 7.11 Å². The zero-order valence-corrected chi connectivity index (χ0v) is 17.0. The third-order valence-electron chi connectivity index (χ3n) is 6.74. The fraction of sp³-hybridized carbons (Fsp3) is 0.458. The number of benzene rings is 2. The Bertz CT molecular complexity index is 850. The van der Waals surface area contributed by atoms with Crippen LogP contribution in [0.25, 0.3) is 0 Å². The predicted molar refractivity (Wildman–Crippen MR) is 110 cm³/mol. The number of methoxy groups -OCH3 is 2. The lowest BCUT2D eigenvalue weighted by Gasteiger charge is -2.44. The highest BCUT2D eigenvalue weighted by molar-refractivity contribution is 6.07. The summed E-state index contributed by atoms with van der Waals surface area (Å²) in [7, 11) is 5.55. The number of carbonyl (C=O) groups is 1. The quantitative estimate of drug-likeness (QED) is 0.793. The first kappa shape index (κ1) is 19.2. The van der Waals surface area contributed by atoms with Crippen LogP contribution in [0, 0.1) is 5.92 Å². The van der Waals surface area contributed by atoms with E-state index in [2.05, 4.69) is 42.3 Å². The van der Waals surface area contributed by atoms with Crippen molar-refractivity contribution in [2.45, 2.75) is 37.3 Å². The Hall–Kier alpha value is -2.17. The molecule has 1 fully saturated rings. The van der Waals surface area contributed by atoms with Gasteiger partial charge < -0.3 is 14.4 Å². The van der Waals surface area contributed by atoms with E-state index in [1.54, 1.807) is 14.2 Å². The molecule has 2 aromatic rings. The molecule has 28 heavy (non-hydrogen) atoms. The maximum Gasteiger partial charge on any atom is 0.195 e. The minimum absolute atomic E-state index is 0.140. The van der Waals surface area contributed by atoms with Crippen molar-refractivity contribution in [2.75, 3.05) is 27.8 Å². The van der Waals surface area contributed by atoms with Gasteiger partial charge in [0.2, 0.25) is 0 Å². The fourth-order valence-corrected chi connectivity index (χ4v) is 5.03. The molecule has 0 bridgehead atoms. The Labute approximate surface area is 167 Å². The summed E-state index contributed by atoms with van der Waals surface area (Å²) >= 11 is 0. The van der Waals surface area contributed by atoms with Crippen LogP contribution in [0.15, 0.2) is 48.5 Å². The van der Waals surface area contributed by atoms with Crippen molar-refractivity contribution in [3.05, 3.63) is 65.2 Å². The molecule has 0 aromatic heterocycles. The summed E-state index contributed by atoms with van der Waals surface area (Å²) in [6, 6.07) is 16.8. The molecule has 1 aliphatic carbocycles.